The SMILES string of the molecule is CCCCC(OP(OCCC#N)ON(C(C)C)C(C)C)[c-]1cccc1.[Fe].[cH-]1[cH-][cH-][cH-][cH-]1. The van der Waals surface area contributed by atoms with Crippen molar-refractivity contribution in [2.75, 3.05) is 6.61 Å². The quantitative estimate of drug-likeness (QED) is 0.0976. The second kappa shape index (κ2) is 18.5. The topological polar surface area (TPSA) is 54.7 Å². The Hall–Kier alpha value is -1.02. The van der Waals surface area contributed by atoms with Crippen molar-refractivity contribution < 1.29 is 30.7 Å². The Morgan fingerprint density at radius 1 is 1.03 bits per heavy atom. The van der Waals surface area contributed by atoms with Gasteiger partial charge in [-0.1, -0.05) is 19.8 Å². The maximum atomic E-state index is 8.77. The van der Waals surface area contributed by atoms with Crippen LogP contribution in [0.25, 0.3) is 0 Å². The van der Waals surface area contributed by atoms with Gasteiger partial charge in [-0.25, -0.2) is 16.8 Å². The van der Waals surface area contributed by atoms with E-state index in [0.717, 1.165) is 24.8 Å². The predicted molar refractivity (Wildman–Crippen MR) is 124 cm³/mol. The van der Waals surface area contributed by atoms with Gasteiger partial charge in [0.2, 0.25) is 0 Å². The van der Waals surface area contributed by atoms with Gasteiger partial charge in [-0.15, -0.1) is 5.56 Å². The number of hydrogen-bond acceptors (Lipinski definition) is 5. The normalized spacial score (nSPS) is 12.7. The largest absolute Gasteiger partial charge is 0.748 e. The van der Waals surface area contributed by atoms with Crippen LogP contribution in [0.1, 0.15) is 72.0 Å². The molecule has 0 bridgehead atoms. The molecule has 2 rings (SSSR count). The maximum Gasteiger partial charge on any atom is 0.350 e. The van der Waals surface area contributed by atoms with Gasteiger partial charge < -0.3 is 39.4 Å². The molecule has 180 valence electrons. The van der Waals surface area contributed by atoms with Crippen molar-refractivity contribution in [3.05, 3.63) is 60.2 Å². The molecule has 0 radical (unpaired) electrons. The fourth-order valence-electron chi connectivity index (χ4n) is 2.80. The first-order valence-electron chi connectivity index (χ1n) is 10.8. The summed E-state index contributed by atoms with van der Waals surface area (Å²) in [6, 6.07) is 20.7. The molecule has 31 heavy (non-hydrogen) atoms. The van der Waals surface area contributed by atoms with Crippen molar-refractivity contribution in [1.29, 1.82) is 5.26 Å². The summed E-state index contributed by atoms with van der Waals surface area (Å²) in [6.45, 7) is 10.8. The van der Waals surface area contributed by atoms with E-state index in [1.807, 2.05) is 47.5 Å². The molecule has 0 aromatic heterocycles. The molecule has 0 saturated carbocycles. The zero-order valence-electron chi connectivity index (χ0n) is 19.4. The van der Waals surface area contributed by atoms with E-state index >= 15 is 0 Å². The monoisotopic (exact) mass is 488 g/mol. The van der Waals surface area contributed by atoms with Crippen LogP contribution >= 0.6 is 8.60 Å². The average Bonchev–Trinajstić information content (AvgIpc) is 3.44. The minimum atomic E-state index is -1.56. The van der Waals surface area contributed by atoms with Gasteiger partial charge in [0, 0.05) is 35.3 Å². The number of nitriles is 1. The van der Waals surface area contributed by atoms with Crippen molar-refractivity contribution in [2.24, 2.45) is 0 Å². The van der Waals surface area contributed by atoms with Crippen molar-refractivity contribution in [3.8, 4) is 6.07 Å². The van der Waals surface area contributed by atoms with E-state index in [9.17, 15) is 0 Å². The minimum absolute atomic E-state index is 0. The molecule has 2 aromatic rings. The van der Waals surface area contributed by atoms with Gasteiger partial charge in [-0.05, 0) is 34.1 Å². The molecule has 7 heteroatoms. The van der Waals surface area contributed by atoms with Crippen LogP contribution in [-0.4, -0.2) is 23.8 Å². The molecule has 0 aliphatic rings. The first kappa shape index (κ1) is 30.0. The number of nitrogens with zero attached hydrogens (tertiary/aromatic N) is 2. The van der Waals surface area contributed by atoms with Crippen molar-refractivity contribution in [3.63, 3.8) is 0 Å². The van der Waals surface area contributed by atoms with Gasteiger partial charge in [0.25, 0.3) is 0 Å². The van der Waals surface area contributed by atoms with Crippen LogP contribution in [0.4, 0.5) is 0 Å². The summed E-state index contributed by atoms with van der Waals surface area (Å²) in [7, 11) is -1.56. The molecule has 2 aromatic carbocycles. The van der Waals surface area contributed by atoms with Crippen LogP contribution in [0.3, 0.4) is 0 Å². The summed E-state index contributed by atoms with van der Waals surface area (Å²) in [6.07, 6.45) is 3.39. The Morgan fingerprint density at radius 3 is 2.03 bits per heavy atom. The molecular formula is C24H37FeN2O3P-6. The number of hydroxylamine groups is 2. The van der Waals surface area contributed by atoms with E-state index in [1.165, 1.54) is 0 Å². The molecule has 0 spiro atoms. The molecule has 2 unspecified atom stereocenters. The van der Waals surface area contributed by atoms with Gasteiger partial charge in [0.15, 0.2) is 0 Å². The molecule has 0 N–H and O–H groups in total. The summed E-state index contributed by atoms with van der Waals surface area (Å²) in [4.78, 5) is 0. The number of hydrogen-bond donors (Lipinski definition) is 0. The molecule has 2 atom stereocenters. The van der Waals surface area contributed by atoms with E-state index in [-0.39, 0.29) is 35.3 Å². The van der Waals surface area contributed by atoms with Crippen molar-refractivity contribution >= 4 is 8.60 Å². The van der Waals surface area contributed by atoms with Gasteiger partial charge in [-0.2, -0.15) is 22.5 Å². The van der Waals surface area contributed by atoms with E-state index in [4.69, 9.17) is 18.9 Å². The van der Waals surface area contributed by atoms with E-state index in [1.54, 1.807) is 0 Å². The Balaban J connectivity index is 0.00000131. The van der Waals surface area contributed by atoms with Crippen LogP contribution < -0.4 is 0 Å². The third-order valence-electron chi connectivity index (χ3n) is 4.24. The van der Waals surface area contributed by atoms with Gasteiger partial charge >= 0.3 is 8.60 Å². The molecule has 0 heterocycles. The van der Waals surface area contributed by atoms with E-state index < -0.39 is 8.60 Å². The average molecular weight is 488 g/mol. The molecule has 0 saturated heterocycles. The molecule has 0 amide bonds. The molecule has 0 aliphatic heterocycles. The zero-order chi connectivity index (χ0) is 22.2. The second-order valence-corrected chi connectivity index (χ2v) is 8.59. The van der Waals surface area contributed by atoms with E-state index in [2.05, 4.69) is 52.8 Å². The third-order valence-corrected chi connectivity index (χ3v) is 5.38. The summed E-state index contributed by atoms with van der Waals surface area (Å²) < 4.78 is 18.1. The summed E-state index contributed by atoms with van der Waals surface area (Å²) in [5.41, 5.74) is 1.15. The van der Waals surface area contributed by atoms with Crippen LogP contribution in [0, 0.1) is 11.3 Å². The van der Waals surface area contributed by atoms with Crippen LogP contribution in [-0.2, 0) is 30.7 Å². The Kier molecular flexibility index (Phi) is 17.9. The first-order chi connectivity index (χ1) is 14.5. The zero-order valence-corrected chi connectivity index (χ0v) is 21.4. The summed E-state index contributed by atoms with van der Waals surface area (Å²) in [5.74, 6) is 0. The molecule has 0 fully saturated rings. The fraction of sp³-hybridized carbons (Fsp3) is 0.542. The summed E-state index contributed by atoms with van der Waals surface area (Å²) >= 11 is 0. The second-order valence-electron chi connectivity index (χ2n) is 7.51. The Bertz CT molecular complexity index is 632. The summed E-state index contributed by atoms with van der Waals surface area (Å²) in [5, 5.41) is 10.7. The smallest absolute Gasteiger partial charge is 0.350 e. The Labute approximate surface area is 200 Å². The van der Waals surface area contributed by atoms with Crippen LogP contribution in [0.2, 0.25) is 0 Å². The Morgan fingerprint density at radius 2 is 1.58 bits per heavy atom. The molecule has 0 aliphatic carbocycles. The van der Waals surface area contributed by atoms with Gasteiger partial charge in [0.1, 0.15) is 0 Å². The first-order valence-corrected chi connectivity index (χ1v) is 11.9. The van der Waals surface area contributed by atoms with Gasteiger partial charge in [0.05, 0.1) is 19.1 Å². The number of unbranched alkanes of at least 4 members (excludes halogenated alkanes) is 1. The van der Waals surface area contributed by atoms with Crippen molar-refractivity contribution in [2.45, 2.75) is 78.5 Å². The fourth-order valence-corrected chi connectivity index (χ4v) is 4.15. The molecule has 5 nitrogen and oxygen atoms in total. The number of rotatable bonds is 13. The predicted octanol–water partition coefficient (Wildman–Crippen LogP) is 7.26. The maximum absolute atomic E-state index is 8.77. The minimum Gasteiger partial charge on any atom is -0.748 e. The van der Waals surface area contributed by atoms with Gasteiger partial charge in [-0.3, -0.25) is 0 Å². The van der Waals surface area contributed by atoms with Crippen LogP contribution in [0.15, 0.2) is 54.6 Å². The van der Waals surface area contributed by atoms with E-state index in [0.29, 0.717) is 13.0 Å². The third kappa shape index (κ3) is 13.2. The van der Waals surface area contributed by atoms with Crippen molar-refractivity contribution in [1.82, 2.24) is 5.06 Å². The standard InChI is InChI=1S/C19H32N2O3P.C5H5.Fe/c1-6-7-13-19(18-11-8-9-12-18)23-25(22-15-10-14-20)24-21(16(2)3)17(4)5;1-2-4-5-3-1;/h8-9,11-12,16-17,19H,6-7,10,13,15H2,1-5H3;1-5H;/q-1;-5;. The van der Waals surface area contributed by atoms with Crippen LogP contribution in [0.5, 0.6) is 0 Å². The molecular weight excluding hydrogens is 451 g/mol.